The SMILES string of the molecule is COc1ccc(N2CCOCC2)c2sc(C3(OC(N)=O)CCC(O)CC3)nc12. The first kappa shape index (κ1) is 19.2. The van der Waals surface area contributed by atoms with E-state index in [0.29, 0.717) is 49.7 Å². The number of methoxy groups -OCH3 is 1. The number of carbonyl (C=O) groups is 1. The van der Waals surface area contributed by atoms with E-state index in [-0.39, 0.29) is 0 Å². The molecule has 3 N–H and O–H groups in total. The summed E-state index contributed by atoms with van der Waals surface area (Å²) in [5, 5.41) is 10.6. The lowest BCUT2D eigenvalue weighted by Gasteiger charge is -2.36. The zero-order valence-corrected chi connectivity index (χ0v) is 16.7. The molecule has 1 saturated carbocycles. The van der Waals surface area contributed by atoms with E-state index in [1.807, 2.05) is 12.1 Å². The predicted octanol–water partition coefficient (Wildman–Crippen LogP) is 2.37. The number of anilines is 1. The molecule has 28 heavy (non-hydrogen) atoms. The molecule has 1 amide bonds. The molecule has 0 unspecified atom stereocenters. The Balaban J connectivity index is 1.81. The molecule has 0 spiro atoms. The minimum Gasteiger partial charge on any atom is -0.494 e. The predicted molar refractivity (Wildman–Crippen MR) is 106 cm³/mol. The maximum absolute atomic E-state index is 11.6. The number of ether oxygens (including phenoxy) is 3. The smallest absolute Gasteiger partial charge is 0.405 e. The van der Waals surface area contributed by atoms with Crippen LogP contribution in [0.3, 0.4) is 0 Å². The van der Waals surface area contributed by atoms with Crippen LogP contribution in [0.15, 0.2) is 12.1 Å². The monoisotopic (exact) mass is 407 g/mol. The molecule has 9 heteroatoms. The average Bonchev–Trinajstić information content (AvgIpc) is 3.15. The second-order valence-electron chi connectivity index (χ2n) is 7.23. The highest BCUT2D eigenvalue weighted by molar-refractivity contribution is 7.19. The van der Waals surface area contributed by atoms with Crippen LogP contribution >= 0.6 is 11.3 Å². The van der Waals surface area contributed by atoms with E-state index in [2.05, 4.69) is 4.90 Å². The maximum Gasteiger partial charge on any atom is 0.405 e. The number of benzene rings is 1. The van der Waals surface area contributed by atoms with Crippen molar-refractivity contribution in [3.05, 3.63) is 17.1 Å². The van der Waals surface area contributed by atoms with E-state index in [1.165, 1.54) is 11.3 Å². The second kappa shape index (κ2) is 7.73. The molecule has 2 aromatic rings. The average molecular weight is 407 g/mol. The third-order valence-corrected chi connectivity index (χ3v) is 6.77. The first-order valence-corrected chi connectivity index (χ1v) is 10.3. The van der Waals surface area contributed by atoms with Crippen LogP contribution in [0.4, 0.5) is 10.5 Å². The van der Waals surface area contributed by atoms with E-state index in [9.17, 15) is 9.90 Å². The Morgan fingerprint density at radius 3 is 2.71 bits per heavy atom. The van der Waals surface area contributed by atoms with Crippen LogP contribution in [0.5, 0.6) is 5.75 Å². The molecule has 8 nitrogen and oxygen atoms in total. The Morgan fingerprint density at radius 2 is 2.07 bits per heavy atom. The molecular formula is C19H25N3O5S. The van der Waals surface area contributed by atoms with Crippen molar-refractivity contribution >= 4 is 33.3 Å². The zero-order chi connectivity index (χ0) is 19.7. The van der Waals surface area contributed by atoms with Crippen LogP contribution in [0.1, 0.15) is 30.7 Å². The molecule has 2 aliphatic rings. The number of amides is 1. The molecule has 1 aromatic heterocycles. The van der Waals surface area contributed by atoms with Crippen LogP contribution in [0, 0.1) is 0 Å². The zero-order valence-electron chi connectivity index (χ0n) is 15.8. The number of hydrogen-bond donors (Lipinski definition) is 2. The number of hydrogen-bond acceptors (Lipinski definition) is 8. The number of aliphatic hydroxyl groups excluding tert-OH is 1. The number of thiazole rings is 1. The summed E-state index contributed by atoms with van der Waals surface area (Å²) in [5.74, 6) is 0.680. The molecular weight excluding hydrogens is 382 g/mol. The fraction of sp³-hybridized carbons (Fsp3) is 0.579. The Kier molecular flexibility index (Phi) is 5.31. The van der Waals surface area contributed by atoms with Gasteiger partial charge < -0.3 is 30.0 Å². The van der Waals surface area contributed by atoms with Gasteiger partial charge >= 0.3 is 6.09 Å². The molecule has 1 aromatic carbocycles. The van der Waals surface area contributed by atoms with Gasteiger partial charge in [0.05, 0.1) is 36.8 Å². The number of primary amides is 1. The standard InChI is InChI=1S/C19H25N3O5S/c1-25-14-3-2-13(22-8-10-26-11-9-22)16-15(14)21-17(28-16)19(27-18(20)24)6-4-12(23)5-7-19/h2-3,12,23H,4-11H2,1H3,(H2,20,24). The Morgan fingerprint density at radius 1 is 1.36 bits per heavy atom. The number of carbonyl (C=O) groups excluding carboxylic acids is 1. The Bertz CT molecular complexity index is 857. The van der Waals surface area contributed by atoms with Crippen molar-refractivity contribution in [2.45, 2.75) is 37.4 Å². The van der Waals surface area contributed by atoms with Gasteiger partial charge in [-0.15, -0.1) is 11.3 Å². The van der Waals surface area contributed by atoms with Crippen molar-refractivity contribution in [2.24, 2.45) is 5.73 Å². The first-order valence-electron chi connectivity index (χ1n) is 9.49. The molecule has 4 rings (SSSR count). The van der Waals surface area contributed by atoms with Gasteiger partial charge in [0.2, 0.25) is 0 Å². The third kappa shape index (κ3) is 3.49. The summed E-state index contributed by atoms with van der Waals surface area (Å²) < 4.78 is 17.6. The molecule has 152 valence electrons. The number of aromatic nitrogens is 1. The van der Waals surface area contributed by atoms with Gasteiger partial charge in [-0.25, -0.2) is 9.78 Å². The summed E-state index contributed by atoms with van der Waals surface area (Å²) in [4.78, 5) is 18.8. The Hall–Kier alpha value is -2.10. The minimum atomic E-state index is -0.901. The summed E-state index contributed by atoms with van der Waals surface area (Å²) in [6.07, 6.45) is 0.847. The molecule has 0 radical (unpaired) electrons. The number of rotatable bonds is 4. The summed E-state index contributed by atoms with van der Waals surface area (Å²) in [6.45, 7) is 2.99. The Labute approximate surface area is 167 Å². The van der Waals surface area contributed by atoms with E-state index >= 15 is 0 Å². The van der Waals surface area contributed by atoms with Gasteiger partial charge in [0.25, 0.3) is 0 Å². The highest BCUT2D eigenvalue weighted by atomic mass is 32.1. The van der Waals surface area contributed by atoms with E-state index in [4.69, 9.17) is 24.9 Å². The van der Waals surface area contributed by atoms with E-state index in [0.717, 1.165) is 29.0 Å². The summed E-state index contributed by atoms with van der Waals surface area (Å²) in [6, 6.07) is 3.96. The van der Waals surface area contributed by atoms with Crippen molar-refractivity contribution in [1.82, 2.24) is 4.98 Å². The molecule has 1 saturated heterocycles. The molecule has 2 fully saturated rings. The van der Waals surface area contributed by atoms with Gasteiger partial charge in [-0.1, -0.05) is 0 Å². The van der Waals surface area contributed by atoms with Crippen molar-refractivity contribution in [2.75, 3.05) is 38.3 Å². The van der Waals surface area contributed by atoms with Crippen LogP contribution in [-0.2, 0) is 15.1 Å². The molecule has 1 aliphatic carbocycles. The van der Waals surface area contributed by atoms with Crippen molar-refractivity contribution in [3.8, 4) is 5.75 Å². The van der Waals surface area contributed by atoms with Crippen LogP contribution in [-0.4, -0.2) is 55.7 Å². The summed E-state index contributed by atoms with van der Waals surface area (Å²) in [5.41, 5.74) is 6.31. The van der Waals surface area contributed by atoms with Gasteiger partial charge in [-0.2, -0.15) is 0 Å². The van der Waals surface area contributed by atoms with E-state index in [1.54, 1.807) is 7.11 Å². The molecule has 0 bridgehead atoms. The van der Waals surface area contributed by atoms with Crippen molar-refractivity contribution in [3.63, 3.8) is 0 Å². The van der Waals surface area contributed by atoms with Crippen molar-refractivity contribution in [1.29, 1.82) is 0 Å². The minimum absolute atomic E-state index is 0.391. The number of nitrogens with zero attached hydrogens (tertiary/aromatic N) is 2. The summed E-state index contributed by atoms with van der Waals surface area (Å²) >= 11 is 1.51. The van der Waals surface area contributed by atoms with Gasteiger partial charge in [0, 0.05) is 13.1 Å². The molecule has 0 atom stereocenters. The fourth-order valence-electron chi connectivity index (χ4n) is 4.00. The maximum atomic E-state index is 11.6. The lowest BCUT2D eigenvalue weighted by atomic mass is 9.83. The highest BCUT2D eigenvalue weighted by Crippen LogP contribution is 2.46. The van der Waals surface area contributed by atoms with E-state index < -0.39 is 17.8 Å². The number of morpholine rings is 1. The number of aliphatic hydroxyl groups is 1. The van der Waals surface area contributed by atoms with Gasteiger partial charge in [-0.05, 0) is 37.8 Å². The quantitative estimate of drug-likeness (QED) is 0.801. The first-order chi connectivity index (χ1) is 13.5. The van der Waals surface area contributed by atoms with Gasteiger partial charge in [0.1, 0.15) is 16.3 Å². The highest BCUT2D eigenvalue weighted by Gasteiger charge is 2.43. The van der Waals surface area contributed by atoms with Crippen LogP contribution < -0.4 is 15.4 Å². The van der Waals surface area contributed by atoms with Crippen LogP contribution in [0.2, 0.25) is 0 Å². The molecule has 2 heterocycles. The largest absolute Gasteiger partial charge is 0.494 e. The van der Waals surface area contributed by atoms with Crippen LogP contribution in [0.25, 0.3) is 10.2 Å². The third-order valence-electron chi connectivity index (χ3n) is 5.51. The normalized spacial score (nSPS) is 25.6. The lowest BCUT2D eigenvalue weighted by Crippen LogP contribution is -2.39. The fourth-order valence-corrected chi connectivity index (χ4v) is 5.31. The second-order valence-corrected chi connectivity index (χ2v) is 8.23. The number of nitrogens with two attached hydrogens (primary N) is 1. The topological polar surface area (TPSA) is 107 Å². The summed E-state index contributed by atoms with van der Waals surface area (Å²) in [7, 11) is 1.62. The molecule has 1 aliphatic heterocycles. The number of fused-ring (bicyclic) bond motifs is 1. The lowest BCUT2D eigenvalue weighted by molar-refractivity contribution is -0.0448. The van der Waals surface area contributed by atoms with Gasteiger partial charge in [-0.3, -0.25) is 0 Å². The van der Waals surface area contributed by atoms with Gasteiger partial charge in [0.15, 0.2) is 5.60 Å². The van der Waals surface area contributed by atoms with Crippen molar-refractivity contribution < 1.29 is 24.1 Å².